The fraction of sp³-hybridized carbons (Fsp3) is 0.529. The first kappa shape index (κ1) is 22.7. The average Bonchev–Trinajstić information content (AvgIpc) is 3.08. The second-order valence-corrected chi connectivity index (χ2v) is 9.02. The third kappa shape index (κ3) is 6.51. The van der Waals surface area contributed by atoms with Gasteiger partial charge in [0.25, 0.3) is 0 Å². The number of nitrogens with zero attached hydrogens (tertiary/aromatic N) is 4. The van der Waals surface area contributed by atoms with Crippen molar-refractivity contribution in [2.24, 2.45) is 0 Å². The van der Waals surface area contributed by atoms with Crippen molar-refractivity contribution in [2.45, 2.75) is 52.1 Å². The Bertz CT molecular complexity index is 897. The van der Waals surface area contributed by atoms with Crippen molar-refractivity contribution >= 4 is 39.0 Å². The molecule has 0 fully saturated rings. The van der Waals surface area contributed by atoms with Crippen LogP contribution in [-0.2, 0) is 27.8 Å². The minimum Gasteiger partial charge on any atom is -0.296 e. The number of hydrogen-bond donors (Lipinski definition) is 1. The number of carbonyl (C=O) groups excluding carboxylic acids is 1. The van der Waals surface area contributed by atoms with Crippen LogP contribution in [0.3, 0.4) is 0 Å². The summed E-state index contributed by atoms with van der Waals surface area (Å²) in [5, 5.41) is 12.9. The maximum Gasteiger partial charge on any atom is 0.212 e. The number of unbranched alkanes of at least 4 members (excludes halogenated alkanes) is 1. The lowest BCUT2D eigenvalue weighted by Crippen LogP contribution is -2.43. The molecule has 0 amide bonds. The highest BCUT2D eigenvalue weighted by Gasteiger charge is 2.23. The zero-order valence-electron chi connectivity index (χ0n) is 15.7. The summed E-state index contributed by atoms with van der Waals surface area (Å²) < 4.78 is 26.6. The second-order valence-electron chi connectivity index (χ2n) is 6.33. The van der Waals surface area contributed by atoms with E-state index in [1.807, 2.05) is 6.92 Å². The maximum atomic E-state index is 12.5. The van der Waals surface area contributed by atoms with Gasteiger partial charge in [-0.25, -0.2) is 13.1 Å². The predicted octanol–water partition coefficient (Wildman–Crippen LogP) is 2.64. The zero-order chi connectivity index (χ0) is 20.7. The smallest absolute Gasteiger partial charge is 0.212 e. The molecule has 1 unspecified atom stereocenters. The number of aromatic nitrogens is 4. The van der Waals surface area contributed by atoms with Gasteiger partial charge in [0.1, 0.15) is 6.54 Å². The molecule has 0 saturated carbocycles. The van der Waals surface area contributed by atoms with Gasteiger partial charge >= 0.3 is 0 Å². The van der Waals surface area contributed by atoms with E-state index in [-0.39, 0.29) is 24.5 Å². The molecule has 1 atom stereocenters. The number of nitrogens with one attached hydrogen (secondary N) is 1. The molecule has 28 heavy (non-hydrogen) atoms. The monoisotopic (exact) mass is 447 g/mol. The van der Waals surface area contributed by atoms with Crippen molar-refractivity contribution in [1.29, 1.82) is 0 Å². The fourth-order valence-corrected chi connectivity index (χ4v) is 4.56. The van der Waals surface area contributed by atoms with Crippen molar-refractivity contribution in [3.8, 4) is 0 Å². The van der Waals surface area contributed by atoms with Gasteiger partial charge in [0.15, 0.2) is 11.6 Å². The van der Waals surface area contributed by atoms with Gasteiger partial charge in [0, 0.05) is 16.5 Å². The van der Waals surface area contributed by atoms with E-state index in [0.717, 1.165) is 11.2 Å². The number of ketones is 1. The molecule has 2 rings (SSSR count). The molecule has 0 aliphatic heterocycles. The van der Waals surface area contributed by atoms with Crippen LogP contribution in [0, 0.1) is 0 Å². The first-order valence-corrected chi connectivity index (χ1v) is 11.4. The fourth-order valence-electron chi connectivity index (χ4n) is 2.51. The Kier molecular flexibility index (Phi) is 8.36. The van der Waals surface area contributed by atoms with Crippen molar-refractivity contribution in [1.82, 2.24) is 24.9 Å². The Morgan fingerprint density at radius 1 is 1.25 bits per heavy atom. The van der Waals surface area contributed by atoms with Gasteiger partial charge in [-0.3, -0.25) is 4.79 Å². The van der Waals surface area contributed by atoms with Gasteiger partial charge in [-0.1, -0.05) is 49.5 Å². The molecule has 0 spiro atoms. The molecular weight excluding hydrogens is 425 g/mol. The van der Waals surface area contributed by atoms with E-state index >= 15 is 0 Å². The summed E-state index contributed by atoms with van der Waals surface area (Å²) in [6, 6.07) is 4.35. The SMILES string of the molecule is CCCCS(=O)(=O)NC(CC)C(=O)Cn1nnc(Cc2c(Cl)cccc2Cl)n1. The molecule has 1 N–H and O–H groups in total. The number of carbonyl (C=O) groups is 1. The lowest BCUT2D eigenvalue weighted by atomic mass is 10.1. The molecule has 1 aromatic carbocycles. The number of halogens is 2. The second kappa shape index (κ2) is 10.3. The average molecular weight is 448 g/mol. The molecule has 0 aliphatic carbocycles. The van der Waals surface area contributed by atoms with Gasteiger partial charge in [-0.05, 0) is 35.8 Å². The lowest BCUT2D eigenvalue weighted by Gasteiger charge is -2.15. The summed E-state index contributed by atoms with van der Waals surface area (Å²) in [4.78, 5) is 13.6. The minimum atomic E-state index is -3.50. The third-order valence-corrected chi connectivity index (χ3v) is 6.25. The highest BCUT2D eigenvalue weighted by atomic mass is 35.5. The Morgan fingerprint density at radius 3 is 2.54 bits per heavy atom. The normalized spacial score (nSPS) is 12.9. The summed E-state index contributed by atoms with van der Waals surface area (Å²) in [6.45, 7) is 3.46. The number of rotatable bonds is 11. The van der Waals surface area contributed by atoms with Crippen LogP contribution in [0.4, 0.5) is 0 Å². The Labute approximate surface area is 174 Å². The van der Waals surface area contributed by atoms with Crippen molar-refractivity contribution < 1.29 is 13.2 Å². The highest BCUT2D eigenvalue weighted by Crippen LogP contribution is 2.25. The van der Waals surface area contributed by atoms with Crippen LogP contribution in [0.1, 0.15) is 44.5 Å². The molecule has 2 aromatic rings. The minimum absolute atomic E-state index is 0.00238. The third-order valence-electron chi connectivity index (χ3n) is 4.07. The van der Waals surface area contributed by atoms with E-state index in [9.17, 15) is 13.2 Å². The van der Waals surface area contributed by atoms with Crippen LogP contribution in [0.25, 0.3) is 0 Å². The van der Waals surface area contributed by atoms with Gasteiger partial charge in [0.2, 0.25) is 10.0 Å². The molecule has 0 aliphatic rings. The summed E-state index contributed by atoms with van der Waals surface area (Å²) in [5.41, 5.74) is 0.673. The number of tetrazole rings is 1. The van der Waals surface area contributed by atoms with Gasteiger partial charge < -0.3 is 0 Å². The Morgan fingerprint density at radius 2 is 1.93 bits per heavy atom. The quantitative estimate of drug-likeness (QED) is 0.567. The molecular formula is C17H23Cl2N5O3S. The predicted molar refractivity (Wildman–Crippen MR) is 108 cm³/mol. The first-order valence-electron chi connectivity index (χ1n) is 8.98. The van der Waals surface area contributed by atoms with Gasteiger partial charge in [-0.15, -0.1) is 10.2 Å². The van der Waals surface area contributed by atoms with Crippen LogP contribution < -0.4 is 4.72 Å². The number of hydrogen-bond acceptors (Lipinski definition) is 6. The lowest BCUT2D eigenvalue weighted by molar-refractivity contribution is -0.121. The van der Waals surface area contributed by atoms with E-state index in [0.29, 0.717) is 34.3 Å². The molecule has 1 heterocycles. The number of Topliss-reactive ketones (excluding diaryl/α,β-unsaturated/α-hetero) is 1. The Hall–Kier alpha value is -1.55. The standard InChI is InChI=1S/C17H23Cl2N5O3S/c1-3-5-9-28(26,27)22-15(4-2)16(25)11-24-21-17(20-23-24)10-12-13(18)7-6-8-14(12)19/h6-8,15,22H,3-5,9-11H2,1-2H3. The van der Waals surface area contributed by atoms with Crippen LogP contribution in [0.15, 0.2) is 18.2 Å². The van der Waals surface area contributed by atoms with Crippen molar-refractivity contribution in [3.05, 3.63) is 39.6 Å². The maximum absolute atomic E-state index is 12.5. The molecule has 8 nitrogen and oxygen atoms in total. The first-order chi connectivity index (χ1) is 13.3. The van der Waals surface area contributed by atoms with Crippen LogP contribution in [0.5, 0.6) is 0 Å². The Balaban J connectivity index is 2.02. The topological polar surface area (TPSA) is 107 Å². The molecule has 0 saturated heterocycles. The van der Waals surface area contributed by atoms with Crippen LogP contribution in [-0.4, -0.2) is 46.2 Å². The van der Waals surface area contributed by atoms with E-state index in [1.54, 1.807) is 25.1 Å². The molecule has 154 valence electrons. The summed E-state index contributed by atoms with van der Waals surface area (Å²) in [7, 11) is -3.50. The van der Waals surface area contributed by atoms with Crippen molar-refractivity contribution in [2.75, 3.05) is 5.75 Å². The summed E-state index contributed by atoms with van der Waals surface area (Å²) in [6.07, 6.45) is 1.90. The molecule has 0 radical (unpaired) electrons. The number of benzene rings is 1. The van der Waals surface area contributed by atoms with Crippen molar-refractivity contribution in [3.63, 3.8) is 0 Å². The number of sulfonamides is 1. The summed E-state index contributed by atoms with van der Waals surface area (Å²) in [5.74, 6) is 0.0269. The van der Waals surface area contributed by atoms with Gasteiger partial charge in [0.05, 0.1) is 11.8 Å². The summed E-state index contributed by atoms with van der Waals surface area (Å²) >= 11 is 12.3. The van der Waals surface area contributed by atoms with E-state index in [4.69, 9.17) is 23.2 Å². The van der Waals surface area contributed by atoms with E-state index < -0.39 is 16.1 Å². The van der Waals surface area contributed by atoms with Crippen LogP contribution >= 0.6 is 23.2 Å². The van der Waals surface area contributed by atoms with E-state index in [2.05, 4.69) is 20.1 Å². The zero-order valence-corrected chi connectivity index (χ0v) is 18.1. The molecule has 0 bridgehead atoms. The van der Waals surface area contributed by atoms with E-state index in [1.165, 1.54) is 0 Å². The molecule has 11 heteroatoms. The van der Waals surface area contributed by atoms with Gasteiger partial charge in [-0.2, -0.15) is 4.80 Å². The van der Waals surface area contributed by atoms with Crippen LogP contribution in [0.2, 0.25) is 10.0 Å². The highest BCUT2D eigenvalue weighted by molar-refractivity contribution is 7.89. The molecule has 1 aromatic heterocycles. The largest absolute Gasteiger partial charge is 0.296 e.